The molecule has 0 bridgehead atoms. The predicted molar refractivity (Wildman–Crippen MR) is 71.8 cm³/mol. The minimum absolute atomic E-state index is 0.356. The van der Waals surface area contributed by atoms with Gasteiger partial charge in [-0.3, -0.25) is 0 Å². The van der Waals surface area contributed by atoms with Crippen LogP contribution >= 0.6 is 0 Å². The van der Waals surface area contributed by atoms with Gasteiger partial charge in [-0.05, 0) is 12.8 Å². The highest BCUT2D eigenvalue weighted by atomic mass is 16.5. The molecule has 6 heteroatoms. The number of aromatic nitrogens is 2. The van der Waals surface area contributed by atoms with Crippen molar-refractivity contribution in [2.24, 2.45) is 0 Å². The summed E-state index contributed by atoms with van der Waals surface area (Å²) < 4.78 is 4.86. The number of nitrogens with one attached hydrogen (secondary N) is 2. The molecule has 1 heterocycles. The van der Waals surface area contributed by atoms with Gasteiger partial charge in [-0.1, -0.05) is 6.92 Å². The SMILES string of the molecule is CCCNc1cc(NCCC(O)COC)ncn1. The molecule has 0 aromatic carbocycles. The fourth-order valence-electron chi connectivity index (χ4n) is 1.45. The Balaban J connectivity index is 2.33. The van der Waals surface area contributed by atoms with Crippen LogP contribution in [0.5, 0.6) is 0 Å². The molecule has 0 saturated heterocycles. The topological polar surface area (TPSA) is 79.3 Å². The Kier molecular flexibility index (Phi) is 7.05. The van der Waals surface area contributed by atoms with E-state index in [-0.39, 0.29) is 0 Å². The Morgan fingerprint density at radius 3 is 2.56 bits per heavy atom. The van der Waals surface area contributed by atoms with Gasteiger partial charge in [0.2, 0.25) is 0 Å². The summed E-state index contributed by atoms with van der Waals surface area (Å²) in [6.45, 7) is 4.00. The van der Waals surface area contributed by atoms with Crippen molar-refractivity contribution in [2.45, 2.75) is 25.9 Å². The number of hydrogen-bond acceptors (Lipinski definition) is 6. The van der Waals surface area contributed by atoms with Crippen LogP contribution in [-0.2, 0) is 4.74 Å². The summed E-state index contributed by atoms with van der Waals surface area (Å²) in [7, 11) is 1.58. The van der Waals surface area contributed by atoms with Crippen LogP contribution < -0.4 is 10.6 Å². The van der Waals surface area contributed by atoms with Gasteiger partial charge in [0, 0.05) is 26.3 Å². The monoisotopic (exact) mass is 254 g/mol. The van der Waals surface area contributed by atoms with Gasteiger partial charge in [0.15, 0.2) is 0 Å². The first-order valence-electron chi connectivity index (χ1n) is 6.23. The maximum Gasteiger partial charge on any atom is 0.131 e. The Morgan fingerprint density at radius 1 is 1.28 bits per heavy atom. The maximum absolute atomic E-state index is 9.49. The number of rotatable bonds is 9. The van der Waals surface area contributed by atoms with E-state index in [2.05, 4.69) is 27.5 Å². The van der Waals surface area contributed by atoms with Crippen LogP contribution in [0, 0.1) is 0 Å². The van der Waals surface area contributed by atoms with Crippen LogP contribution in [0.4, 0.5) is 11.6 Å². The van der Waals surface area contributed by atoms with E-state index >= 15 is 0 Å². The van der Waals surface area contributed by atoms with E-state index in [0.717, 1.165) is 24.6 Å². The number of ether oxygens (including phenoxy) is 1. The van der Waals surface area contributed by atoms with E-state index in [9.17, 15) is 5.11 Å². The molecule has 0 aliphatic carbocycles. The normalized spacial score (nSPS) is 12.2. The van der Waals surface area contributed by atoms with Crippen molar-refractivity contribution < 1.29 is 9.84 Å². The summed E-state index contributed by atoms with van der Waals surface area (Å²) in [5.41, 5.74) is 0. The van der Waals surface area contributed by atoms with E-state index in [0.29, 0.717) is 19.6 Å². The molecule has 1 rings (SSSR count). The highest BCUT2D eigenvalue weighted by Gasteiger charge is 2.03. The van der Waals surface area contributed by atoms with Gasteiger partial charge in [0.05, 0.1) is 12.7 Å². The van der Waals surface area contributed by atoms with E-state index in [1.807, 2.05) is 6.07 Å². The molecule has 102 valence electrons. The number of nitrogens with zero attached hydrogens (tertiary/aromatic N) is 2. The lowest BCUT2D eigenvalue weighted by Gasteiger charge is -2.11. The number of anilines is 2. The molecule has 0 radical (unpaired) electrons. The smallest absolute Gasteiger partial charge is 0.131 e. The molecule has 1 atom stereocenters. The fraction of sp³-hybridized carbons (Fsp3) is 0.667. The van der Waals surface area contributed by atoms with Crippen molar-refractivity contribution in [1.82, 2.24) is 9.97 Å². The third kappa shape index (κ3) is 5.79. The highest BCUT2D eigenvalue weighted by Crippen LogP contribution is 2.08. The Bertz CT molecular complexity index is 336. The molecule has 0 spiro atoms. The van der Waals surface area contributed by atoms with Gasteiger partial charge in [0.1, 0.15) is 18.0 Å². The van der Waals surface area contributed by atoms with Crippen LogP contribution in [0.15, 0.2) is 12.4 Å². The van der Waals surface area contributed by atoms with E-state index in [1.54, 1.807) is 7.11 Å². The van der Waals surface area contributed by atoms with Gasteiger partial charge < -0.3 is 20.5 Å². The predicted octanol–water partition coefficient (Wildman–Crippen LogP) is 1.11. The summed E-state index contributed by atoms with van der Waals surface area (Å²) in [5.74, 6) is 1.57. The van der Waals surface area contributed by atoms with Crippen LogP contribution in [0.3, 0.4) is 0 Å². The van der Waals surface area contributed by atoms with Crippen molar-refractivity contribution in [2.75, 3.05) is 37.4 Å². The maximum atomic E-state index is 9.49. The van der Waals surface area contributed by atoms with Crippen molar-refractivity contribution in [1.29, 1.82) is 0 Å². The van der Waals surface area contributed by atoms with Gasteiger partial charge >= 0.3 is 0 Å². The van der Waals surface area contributed by atoms with Crippen LogP contribution in [-0.4, -0.2) is 48.0 Å². The first-order chi connectivity index (χ1) is 8.76. The van der Waals surface area contributed by atoms with Gasteiger partial charge in [0.25, 0.3) is 0 Å². The standard InChI is InChI=1S/C12H22N4O2/c1-3-5-13-11-7-12(16-9-15-11)14-6-4-10(17)8-18-2/h7,9-10,17H,3-6,8H2,1-2H3,(H2,13,14,15,16). The molecule has 0 fully saturated rings. The third-order valence-corrected chi connectivity index (χ3v) is 2.37. The Hall–Kier alpha value is -1.40. The largest absolute Gasteiger partial charge is 0.391 e. The third-order valence-electron chi connectivity index (χ3n) is 2.37. The summed E-state index contributed by atoms with van der Waals surface area (Å²) in [5, 5.41) is 15.8. The van der Waals surface area contributed by atoms with Gasteiger partial charge in [-0.2, -0.15) is 0 Å². The molecular formula is C12H22N4O2. The Morgan fingerprint density at radius 2 is 1.94 bits per heavy atom. The Labute approximate surface area is 108 Å². The lowest BCUT2D eigenvalue weighted by molar-refractivity contribution is 0.0615. The molecule has 0 saturated carbocycles. The minimum atomic E-state index is -0.443. The van der Waals surface area contributed by atoms with E-state index in [4.69, 9.17) is 4.74 Å². The summed E-state index contributed by atoms with van der Waals surface area (Å²) in [4.78, 5) is 8.23. The first kappa shape index (κ1) is 14.7. The van der Waals surface area contributed by atoms with Gasteiger partial charge in [-0.25, -0.2) is 9.97 Å². The second-order valence-corrected chi connectivity index (χ2v) is 4.04. The van der Waals surface area contributed by atoms with Crippen LogP contribution in [0.1, 0.15) is 19.8 Å². The zero-order valence-electron chi connectivity index (χ0n) is 11.0. The summed E-state index contributed by atoms with van der Waals surface area (Å²) >= 11 is 0. The van der Waals surface area contributed by atoms with Crippen LogP contribution in [0.25, 0.3) is 0 Å². The average Bonchev–Trinajstić information content (AvgIpc) is 2.37. The summed E-state index contributed by atoms with van der Waals surface area (Å²) in [6, 6.07) is 1.86. The van der Waals surface area contributed by atoms with Gasteiger partial charge in [-0.15, -0.1) is 0 Å². The quantitative estimate of drug-likeness (QED) is 0.612. The molecule has 3 N–H and O–H groups in total. The summed E-state index contributed by atoms with van der Waals surface area (Å²) in [6.07, 6.45) is 2.75. The lowest BCUT2D eigenvalue weighted by Crippen LogP contribution is -2.18. The number of methoxy groups -OCH3 is 1. The molecule has 1 aromatic rings. The van der Waals surface area contributed by atoms with Crippen molar-refractivity contribution in [3.8, 4) is 0 Å². The lowest BCUT2D eigenvalue weighted by atomic mass is 10.2. The molecule has 1 aromatic heterocycles. The van der Waals surface area contributed by atoms with Crippen molar-refractivity contribution in [3.63, 3.8) is 0 Å². The minimum Gasteiger partial charge on any atom is -0.391 e. The molecule has 0 aliphatic heterocycles. The van der Waals surface area contributed by atoms with E-state index in [1.165, 1.54) is 6.33 Å². The average molecular weight is 254 g/mol. The second-order valence-electron chi connectivity index (χ2n) is 4.04. The molecule has 18 heavy (non-hydrogen) atoms. The molecular weight excluding hydrogens is 232 g/mol. The number of aliphatic hydroxyl groups is 1. The second kappa shape index (κ2) is 8.66. The molecule has 0 amide bonds. The van der Waals surface area contributed by atoms with Crippen molar-refractivity contribution in [3.05, 3.63) is 12.4 Å². The molecule has 6 nitrogen and oxygen atoms in total. The van der Waals surface area contributed by atoms with E-state index < -0.39 is 6.10 Å². The zero-order chi connectivity index (χ0) is 13.2. The van der Waals surface area contributed by atoms with Crippen LogP contribution in [0.2, 0.25) is 0 Å². The number of hydrogen-bond donors (Lipinski definition) is 3. The first-order valence-corrected chi connectivity index (χ1v) is 6.23. The zero-order valence-corrected chi connectivity index (χ0v) is 11.0. The highest BCUT2D eigenvalue weighted by molar-refractivity contribution is 5.46. The fourth-order valence-corrected chi connectivity index (χ4v) is 1.45. The van der Waals surface area contributed by atoms with Crippen molar-refractivity contribution >= 4 is 11.6 Å². The molecule has 0 aliphatic rings. The number of aliphatic hydroxyl groups excluding tert-OH is 1. The molecule has 1 unspecified atom stereocenters.